The average Bonchev–Trinajstić information content (AvgIpc) is 3.16. The molecule has 0 aliphatic rings. The van der Waals surface area contributed by atoms with Crippen LogP contribution in [0.3, 0.4) is 0 Å². The van der Waals surface area contributed by atoms with Crippen molar-refractivity contribution in [3.8, 4) is 5.75 Å². The molecule has 0 spiro atoms. The lowest BCUT2D eigenvalue weighted by molar-refractivity contribution is -0.125. The minimum absolute atomic E-state index is 0.00439. The number of rotatable bonds is 8. The van der Waals surface area contributed by atoms with Crippen molar-refractivity contribution in [2.24, 2.45) is 0 Å². The molecule has 1 aromatic carbocycles. The third-order valence-corrected chi connectivity index (χ3v) is 4.11. The van der Waals surface area contributed by atoms with Crippen LogP contribution in [-0.2, 0) is 14.3 Å². The Hall–Kier alpha value is -3.36. The number of imidazole rings is 1. The maximum atomic E-state index is 12.9. The van der Waals surface area contributed by atoms with Crippen molar-refractivity contribution in [1.82, 2.24) is 9.97 Å². The van der Waals surface area contributed by atoms with Gasteiger partial charge in [-0.3, -0.25) is 9.69 Å². The third kappa shape index (κ3) is 5.13. The largest absolute Gasteiger partial charge is 0.481 e. The Labute approximate surface area is 169 Å². The second kappa shape index (κ2) is 9.72. The number of nitrogens with one attached hydrogen (secondary N) is 1. The molecule has 2 aromatic rings. The van der Waals surface area contributed by atoms with Crippen LogP contribution >= 0.6 is 0 Å². The van der Waals surface area contributed by atoms with Crippen molar-refractivity contribution < 1.29 is 28.6 Å². The molecule has 0 fully saturated rings. The Morgan fingerprint density at radius 1 is 1.21 bits per heavy atom. The number of carbonyl (C=O) groups excluding carboxylic acids is 3. The van der Waals surface area contributed by atoms with E-state index in [0.29, 0.717) is 12.2 Å². The van der Waals surface area contributed by atoms with Crippen LogP contribution in [0.4, 0.5) is 5.95 Å². The van der Waals surface area contributed by atoms with Crippen LogP contribution in [0.25, 0.3) is 0 Å². The predicted octanol–water partition coefficient (Wildman–Crippen LogP) is 2.50. The molecule has 0 bridgehead atoms. The van der Waals surface area contributed by atoms with Gasteiger partial charge in [0.1, 0.15) is 5.75 Å². The number of H-pyrrole nitrogens is 1. The number of aromatic nitrogens is 2. The highest BCUT2D eigenvalue weighted by Crippen LogP contribution is 2.20. The van der Waals surface area contributed by atoms with Gasteiger partial charge in [-0.2, -0.15) is 0 Å². The van der Waals surface area contributed by atoms with Gasteiger partial charge in [0.05, 0.1) is 13.7 Å². The molecule has 2 rings (SSSR count). The maximum Gasteiger partial charge on any atom is 0.359 e. The van der Waals surface area contributed by atoms with Gasteiger partial charge < -0.3 is 19.2 Å². The first-order chi connectivity index (χ1) is 13.8. The number of aromatic amines is 1. The fraction of sp³-hybridized carbons (Fsp3) is 0.400. The van der Waals surface area contributed by atoms with Crippen molar-refractivity contribution in [3.63, 3.8) is 0 Å². The average molecular weight is 403 g/mol. The summed E-state index contributed by atoms with van der Waals surface area (Å²) in [6.45, 7) is 5.49. The van der Waals surface area contributed by atoms with Gasteiger partial charge in [-0.1, -0.05) is 19.1 Å². The van der Waals surface area contributed by atoms with Crippen LogP contribution in [-0.4, -0.2) is 54.7 Å². The molecule has 1 heterocycles. The summed E-state index contributed by atoms with van der Waals surface area (Å²) >= 11 is 0. The van der Waals surface area contributed by atoms with Crippen molar-refractivity contribution >= 4 is 23.8 Å². The minimum atomic E-state index is -0.796. The van der Waals surface area contributed by atoms with Crippen LogP contribution in [0.15, 0.2) is 24.3 Å². The molecular weight excluding hydrogens is 378 g/mol. The number of hydrogen-bond acceptors (Lipinski definition) is 7. The molecule has 9 nitrogen and oxygen atoms in total. The molecule has 9 heteroatoms. The number of benzene rings is 1. The van der Waals surface area contributed by atoms with E-state index in [1.165, 1.54) is 19.1 Å². The molecule has 1 aromatic heterocycles. The van der Waals surface area contributed by atoms with E-state index in [9.17, 15) is 14.4 Å². The lowest BCUT2D eigenvalue weighted by Crippen LogP contribution is -2.40. The second-order valence-electron chi connectivity index (χ2n) is 6.22. The molecule has 29 heavy (non-hydrogen) atoms. The summed E-state index contributed by atoms with van der Waals surface area (Å²) in [6, 6.07) is 7.36. The SMILES string of the molecule is CCOC(=O)c1nc(N(C)C(=O)C(CC)Oc2cccc(C)c2)[nH]c1C(=O)OC. The zero-order valence-corrected chi connectivity index (χ0v) is 17.1. The van der Waals surface area contributed by atoms with Crippen molar-refractivity contribution in [2.45, 2.75) is 33.3 Å². The number of likely N-dealkylation sites (N-methyl/N-ethyl adjacent to an activating group) is 1. The lowest BCUT2D eigenvalue weighted by Gasteiger charge is -2.22. The summed E-state index contributed by atoms with van der Waals surface area (Å²) in [5.41, 5.74) is 0.570. The first-order valence-corrected chi connectivity index (χ1v) is 9.18. The van der Waals surface area contributed by atoms with Crippen LogP contribution in [0.5, 0.6) is 5.75 Å². The number of anilines is 1. The first kappa shape index (κ1) is 21.9. The van der Waals surface area contributed by atoms with E-state index in [1.807, 2.05) is 32.0 Å². The molecule has 1 unspecified atom stereocenters. The standard InChI is InChI=1S/C20H25N3O6/c1-6-14(29-13-10-8-9-12(3)11-13)17(24)23(4)20-21-15(18(25)27-5)16(22-20)19(26)28-7-2/h8-11,14H,6-7H2,1-5H3,(H,21,22). The molecule has 1 N–H and O–H groups in total. The predicted molar refractivity (Wildman–Crippen MR) is 105 cm³/mol. The first-order valence-electron chi connectivity index (χ1n) is 9.18. The molecule has 1 atom stereocenters. The van der Waals surface area contributed by atoms with Gasteiger partial charge in [-0.15, -0.1) is 0 Å². The highest BCUT2D eigenvalue weighted by molar-refractivity contribution is 6.02. The van der Waals surface area contributed by atoms with Gasteiger partial charge in [-0.05, 0) is 38.0 Å². The van der Waals surface area contributed by atoms with E-state index in [4.69, 9.17) is 9.47 Å². The van der Waals surface area contributed by atoms with E-state index >= 15 is 0 Å². The van der Waals surface area contributed by atoms with E-state index in [2.05, 4.69) is 14.7 Å². The Bertz CT molecular complexity index is 892. The van der Waals surface area contributed by atoms with Crippen LogP contribution in [0.1, 0.15) is 46.8 Å². The van der Waals surface area contributed by atoms with Crippen molar-refractivity contribution in [2.75, 3.05) is 25.7 Å². The Balaban J connectivity index is 2.29. The highest BCUT2D eigenvalue weighted by atomic mass is 16.5. The molecule has 0 aliphatic carbocycles. The van der Waals surface area contributed by atoms with E-state index in [1.54, 1.807) is 13.0 Å². The third-order valence-electron chi connectivity index (χ3n) is 4.11. The van der Waals surface area contributed by atoms with Crippen molar-refractivity contribution in [3.05, 3.63) is 41.2 Å². The quantitative estimate of drug-likeness (QED) is 0.674. The summed E-state index contributed by atoms with van der Waals surface area (Å²) in [4.78, 5) is 45.0. The van der Waals surface area contributed by atoms with Crippen LogP contribution < -0.4 is 9.64 Å². The van der Waals surface area contributed by atoms with Gasteiger partial charge in [0.2, 0.25) is 5.95 Å². The summed E-state index contributed by atoms with van der Waals surface area (Å²) < 4.78 is 15.4. The molecule has 156 valence electrons. The number of carbonyl (C=O) groups is 3. The number of amides is 1. The van der Waals surface area contributed by atoms with Gasteiger partial charge in [0, 0.05) is 7.05 Å². The summed E-state index contributed by atoms with van der Waals surface area (Å²) in [7, 11) is 2.65. The topological polar surface area (TPSA) is 111 Å². The minimum Gasteiger partial charge on any atom is -0.481 e. The highest BCUT2D eigenvalue weighted by Gasteiger charge is 2.30. The fourth-order valence-corrected chi connectivity index (χ4v) is 2.60. The number of nitrogens with zero attached hydrogens (tertiary/aromatic N) is 2. The summed E-state index contributed by atoms with van der Waals surface area (Å²) in [6.07, 6.45) is -0.369. The monoisotopic (exact) mass is 403 g/mol. The summed E-state index contributed by atoms with van der Waals surface area (Å²) in [5, 5.41) is 0. The Kier molecular flexibility index (Phi) is 7.35. The second-order valence-corrected chi connectivity index (χ2v) is 6.22. The zero-order valence-electron chi connectivity index (χ0n) is 17.1. The van der Waals surface area contributed by atoms with Gasteiger partial charge in [-0.25, -0.2) is 14.6 Å². The molecule has 0 radical (unpaired) electrons. The number of hydrogen-bond donors (Lipinski definition) is 1. The summed E-state index contributed by atoms with van der Waals surface area (Å²) in [5.74, 6) is -1.41. The number of aryl methyl sites for hydroxylation is 1. The van der Waals surface area contributed by atoms with Crippen LogP contribution in [0.2, 0.25) is 0 Å². The smallest absolute Gasteiger partial charge is 0.359 e. The Morgan fingerprint density at radius 3 is 2.52 bits per heavy atom. The van der Waals surface area contributed by atoms with Gasteiger partial charge in [0.25, 0.3) is 5.91 Å². The van der Waals surface area contributed by atoms with Gasteiger partial charge >= 0.3 is 11.9 Å². The molecular formula is C20H25N3O6. The van der Waals surface area contributed by atoms with Crippen LogP contribution in [0, 0.1) is 6.92 Å². The van der Waals surface area contributed by atoms with E-state index in [-0.39, 0.29) is 23.9 Å². The zero-order chi connectivity index (χ0) is 21.6. The van der Waals surface area contributed by atoms with Gasteiger partial charge in [0.15, 0.2) is 17.5 Å². The Morgan fingerprint density at radius 2 is 1.93 bits per heavy atom. The molecule has 1 amide bonds. The van der Waals surface area contributed by atoms with E-state index < -0.39 is 23.9 Å². The molecule has 0 saturated heterocycles. The normalized spacial score (nSPS) is 11.5. The number of methoxy groups -OCH3 is 1. The number of esters is 2. The molecule has 0 saturated carbocycles. The number of ether oxygens (including phenoxy) is 3. The molecule has 0 aliphatic heterocycles. The van der Waals surface area contributed by atoms with E-state index in [0.717, 1.165) is 5.56 Å². The maximum absolute atomic E-state index is 12.9. The van der Waals surface area contributed by atoms with Crippen molar-refractivity contribution in [1.29, 1.82) is 0 Å². The lowest BCUT2D eigenvalue weighted by atomic mass is 10.2. The fourth-order valence-electron chi connectivity index (χ4n) is 2.60.